The molecule has 0 saturated carbocycles. The van der Waals surface area contributed by atoms with E-state index in [0.717, 1.165) is 28.8 Å². The van der Waals surface area contributed by atoms with Crippen molar-refractivity contribution < 1.29 is 27.2 Å². The predicted molar refractivity (Wildman–Crippen MR) is 109 cm³/mol. The second kappa shape index (κ2) is 7.70. The summed E-state index contributed by atoms with van der Waals surface area (Å²) < 4.78 is 44.3. The van der Waals surface area contributed by atoms with E-state index in [1.807, 2.05) is 0 Å². The number of amides is 2. The number of carbonyl (C=O) groups excluding carboxylic acids is 2. The second-order valence-corrected chi connectivity index (χ2v) is 7.65. The first-order chi connectivity index (χ1) is 14.2. The maximum Gasteiger partial charge on any atom is 0.416 e. The van der Waals surface area contributed by atoms with E-state index >= 15 is 0 Å². The standard InChI is InChI=1S/C21H11ClF3NO3S/c22-15-6-1-2-7-16(15)26-19(27)18(30-20(26)28)11-14-8-9-17(29-14)12-4-3-5-13(10-12)21(23,24)25/h1-11H/b18-11-. The summed E-state index contributed by atoms with van der Waals surface area (Å²) >= 11 is 6.81. The molecule has 0 spiro atoms. The van der Waals surface area contributed by atoms with E-state index in [2.05, 4.69) is 0 Å². The van der Waals surface area contributed by atoms with Crippen molar-refractivity contribution in [2.75, 3.05) is 4.90 Å². The molecule has 3 aromatic rings. The minimum atomic E-state index is -4.47. The van der Waals surface area contributed by atoms with Crippen LogP contribution in [0.25, 0.3) is 17.4 Å². The third-order valence-corrected chi connectivity index (χ3v) is 5.45. The summed E-state index contributed by atoms with van der Waals surface area (Å²) in [7, 11) is 0. The fourth-order valence-corrected chi connectivity index (χ4v) is 3.91. The molecule has 1 aliphatic rings. The summed E-state index contributed by atoms with van der Waals surface area (Å²) in [6, 6.07) is 14.2. The molecule has 4 rings (SSSR count). The third-order valence-electron chi connectivity index (χ3n) is 4.26. The van der Waals surface area contributed by atoms with Crippen molar-refractivity contribution in [3.8, 4) is 11.3 Å². The van der Waals surface area contributed by atoms with E-state index < -0.39 is 22.9 Å². The molecule has 152 valence electrons. The molecule has 0 N–H and O–H groups in total. The van der Waals surface area contributed by atoms with E-state index in [9.17, 15) is 22.8 Å². The highest BCUT2D eigenvalue weighted by molar-refractivity contribution is 8.19. The van der Waals surface area contributed by atoms with E-state index in [1.54, 1.807) is 24.3 Å². The Morgan fingerprint density at radius 2 is 1.77 bits per heavy atom. The number of nitrogens with zero attached hydrogens (tertiary/aromatic N) is 1. The molecule has 1 saturated heterocycles. The van der Waals surface area contributed by atoms with Gasteiger partial charge in [0.05, 0.1) is 21.2 Å². The van der Waals surface area contributed by atoms with Gasteiger partial charge in [0.1, 0.15) is 11.5 Å². The van der Waals surface area contributed by atoms with Crippen molar-refractivity contribution in [3.05, 3.63) is 81.9 Å². The molecule has 1 aliphatic heterocycles. The number of halogens is 4. The first-order valence-corrected chi connectivity index (χ1v) is 9.73. The topological polar surface area (TPSA) is 50.5 Å². The zero-order valence-electron chi connectivity index (χ0n) is 14.9. The molecule has 0 unspecified atom stereocenters. The van der Waals surface area contributed by atoms with Crippen molar-refractivity contribution in [2.24, 2.45) is 0 Å². The molecule has 0 aliphatic carbocycles. The van der Waals surface area contributed by atoms with Gasteiger partial charge in [-0.15, -0.1) is 0 Å². The molecular weight excluding hydrogens is 439 g/mol. The number of furan rings is 1. The van der Waals surface area contributed by atoms with Gasteiger partial charge in [0, 0.05) is 11.6 Å². The zero-order chi connectivity index (χ0) is 21.5. The Morgan fingerprint density at radius 1 is 1.00 bits per heavy atom. The van der Waals surface area contributed by atoms with Gasteiger partial charge >= 0.3 is 6.18 Å². The molecule has 2 heterocycles. The zero-order valence-corrected chi connectivity index (χ0v) is 16.5. The van der Waals surface area contributed by atoms with Crippen molar-refractivity contribution in [1.82, 2.24) is 0 Å². The maximum atomic E-state index is 12.9. The normalized spacial score (nSPS) is 16.0. The van der Waals surface area contributed by atoms with Crippen molar-refractivity contribution in [1.29, 1.82) is 0 Å². The summed E-state index contributed by atoms with van der Waals surface area (Å²) in [4.78, 5) is 26.1. The Kier molecular flexibility index (Phi) is 5.21. The molecule has 2 aromatic carbocycles. The average Bonchev–Trinajstić information content (AvgIpc) is 3.27. The smallest absolute Gasteiger partial charge is 0.416 e. The number of carbonyl (C=O) groups is 2. The van der Waals surface area contributed by atoms with Crippen molar-refractivity contribution in [3.63, 3.8) is 0 Å². The van der Waals surface area contributed by atoms with Crippen LogP contribution in [0.5, 0.6) is 0 Å². The van der Waals surface area contributed by atoms with E-state index in [0.29, 0.717) is 0 Å². The van der Waals surface area contributed by atoms with E-state index in [4.69, 9.17) is 16.0 Å². The van der Waals surface area contributed by atoms with E-state index in [-0.39, 0.29) is 32.7 Å². The van der Waals surface area contributed by atoms with Gasteiger partial charge in [-0.3, -0.25) is 9.59 Å². The number of imide groups is 1. The Morgan fingerprint density at radius 3 is 2.50 bits per heavy atom. The van der Waals surface area contributed by atoms with Gasteiger partial charge in [0.15, 0.2) is 0 Å². The number of hydrogen-bond acceptors (Lipinski definition) is 4. The van der Waals surface area contributed by atoms with Crippen molar-refractivity contribution >= 4 is 46.3 Å². The highest BCUT2D eigenvalue weighted by Gasteiger charge is 2.37. The Hall–Kier alpha value is -2.97. The summed E-state index contributed by atoms with van der Waals surface area (Å²) in [6.07, 6.45) is -3.10. The van der Waals surface area contributed by atoms with Crippen molar-refractivity contribution in [2.45, 2.75) is 6.18 Å². The Bertz CT molecular complexity index is 1190. The number of benzene rings is 2. The van der Waals surface area contributed by atoms with Crippen LogP contribution in [0, 0.1) is 0 Å². The highest BCUT2D eigenvalue weighted by Crippen LogP contribution is 2.39. The molecule has 9 heteroatoms. The molecule has 2 amide bonds. The van der Waals surface area contributed by atoms with Crippen LogP contribution in [0.2, 0.25) is 5.02 Å². The Labute approximate surface area is 177 Å². The number of rotatable bonds is 3. The number of hydrogen-bond donors (Lipinski definition) is 0. The van der Waals surface area contributed by atoms with Crippen LogP contribution < -0.4 is 4.90 Å². The number of thioether (sulfide) groups is 1. The van der Waals surface area contributed by atoms with E-state index in [1.165, 1.54) is 30.3 Å². The van der Waals surface area contributed by atoms with Gasteiger partial charge in [0.2, 0.25) is 0 Å². The van der Waals surface area contributed by atoms with Crippen LogP contribution in [0.4, 0.5) is 23.7 Å². The van der Waals surface area contributed by atoms with Gasteiger partial charge in [-0.05, 0) is 48.2 Å². The second-order valence-electron chi connectivity index (χ2n) is 6.25. The molecule has 1 aromatic heterocycles. The summed E-state index contributed by atoms with van der Waals surface area (Å²) in [5.41, 5.74) is -0.276. The molecule has 1 fully saturated rings. The number of alkyl halides is 3. The highest BCUT2D eigenvalue weighted by atomic mass is 35.5. The van der Waals surface area contributed by atoms with Gasteiger partial charge in [-0.1, -0.05) is 35.9 Å². The fraction of sp³-hybridized carbons (Fsp3) is 0.0476. The molecule has 4 nitrogen and oxygen atoms in total. The first-order valence-electron chi connectivity index (χ1n) is 8.54. The minimum absolute atomic E-state index is 0.116. The Balaban J connectivity index is 1.62. The summed E-state index contributed by atoms with van der Waals surface area (Å²) in [6.45, 7) is 0. The van der Waals surface area contributed by atoms with Gasteiger partial charge in [-0.2, -0.15) is 13.2 Å². The minimum Gasteiger partial charge on any atom is -0.457 e. The van der Waals surface area contributed by atoms with Gasteiger partial charge < -0.3 is 4.42 Å². The average molecular weight is 450 g/mol. The summed E-state index contributed by atoms with van der Waals surface area (Å²) in [5, 5.41) is -0.255. The third kappa shape index (κ3) is 3.88. The van der Waals surface area contributed by atoms with Crippen LogP contribution >= 0.6 is 23.4 Å². The van der Waals surface area contributed by atoms with Crippen LogP contribution in [0.15, 0.2) is 70.0 Å². The van der Waals surface area contributed by atoms with Crippen LogP contribution in [-0.4, -0.2) is 11.1 Å². The van der Waals surface area contributed by atoms with Crippen LogP contribution in [0.3, 0.4) is 0 Å². The monoisotopic (exact) mass is 449 g/mol. The van der Waals surface area contributed by atoms with Crippen LogP contribution in [0.1, 0.15) is 11.3 Å². The molecule has 30 heavy (non-hydrogen) atoms. The number of para-hydroxylation sites is 1. The lowest BCUT2D eigenvalue weighted by Crippen LogP contribution is -2.27. The SMILES string of the molecule is O=C1S/C(=C\c2ccc(-c3cccc(C(F)(F)F)c3)o2)C(=O)N1c1ccccc1Cl. The molecular formula is C21H11ClF3NO3S. The maximum absolute atomic E-state index is 12.9. The quantitative estimate of drug-likeness (QED) is 0.410. The lowest BCUT2D eigenvalue weighted by molar-refractivity contribution is -0.137. The van der Waals surface area contributed by atoms with Gasteiger partial charge in [-0.25, -0.2) is 4.90 Å². The number of anilines is 1. The largest absolute Gasteiger partial charge is 0.457 e. The lowest BCUT2D eigenvalue weighted by atomic mass is 10.1. The molecule has 0 bridgehead atoms. The van der Waals surface area contributed by atoms with Gasteiger partial charge in [0.25, 0.3) is 11.1 Å². The van der Waals surface area contributed by atoms with Crippen LogP contribution in [-0.2, 0) is 11.0 Å². The first kappa shape index (κ1) is 20.3. The molecule has 0 atom stereocenters. The predicted octanol–water partition coefficient (Wildman–Crippen LogP) is 6.86. The fourth-order valence-electron chi connectivity index (χ4n) is 2.87. The lowest BCUT2D eigenvalue weighted by Gasteiger charge is -2.13. The molecule has 0 radical (unpaired) electrons. The summed E-state index contributed by atoms with van der Waals surface area (Å²) in [5.74, 6) is -0.125.